The van der Waals surface area contributed by atoms with E-state index >= 15 is 0 Å². The molecule has 0 radical (unpaired) electrons. The molecule has 6 N–H and O–H groups in total. The van der Waals surface area contributed by atoms with E-state index in [0.717, 1.165) is 0 Å². The number of hydrogen-bond acceptors (Lipinski definition) is 6. The van der Waals surface area contributed by atoms with Crippen LogP contribution in [0.2, 0.25) is 0 Å². The molecule has 4 aromatic rings. The lowest BCUT2D eigenvalue weighted by molar-refractivity contribution is 0.0956. The van der Waals surface area contributed by atoms with Gasteiger partial charge in [-0.2, -0.15) is 0 Å². The molecule has 0 aliphatic carbocycles. The van der Waals surface area contributed by atoms with Gasteiger partial charge in [0.2, 0.25) is 0 Å². The summed E-state index contributed by atoms with van der Waals surface area (Å²) in [5.74, 6) is -0.904. The summed E-state index contributed by atoms with van der Waals surface area (Å²) in [6.07, 6.45) is 0. The van der Waals surface area contributed by atoms with Crippen LogP contribution in [0.4, 0.5) is 0 Å². The minimum Gasteiger partial charge on any atom is -0.318 e. The highest BCUT2D eigenvalue weighted by molar-refractivity contribution is 6.03. The highest BCUT2D eigenvalue weighted by Crippen LogP contribution is 2.28. The van der Waals surface area contributed by atoms with Crippen molar-refractivity contribution in [3.05, 3.63) is 143 Å². The second kappa shape index (κ2) is 11.0. The number of nitrogens with two attached hydrogens (primary N) is 3. The molecule has 0 aliphatic heterocycles. The van der Waals surface area contributed by atoms with E-state index in [1.165, 1.54) is 0 Å². The number of carbonyl (C=O) groups excluding carboxylic acids is 3. The average Bonchev–Trinajstić information content (AvgIpc) is 2.95. The standard InChI is InChI=1S/C30H27N3O3/c31-25(28(34)19-10-4-1-5-11-19)22-16-23(26(32)29(35)20-12-6-2-7-13-20)18-24(17-22)27(33)30(36)21-14-8-3-9-15-21/h1-18,25-27H,31-33H2. The smallest absolute Gasteiger partial charge is 0.184 e. The van der Waals surface area contributed by atoms with Crippen molar-refractivity contribution >= 4 is 17.3 Å². The zero-order valence-corrected chi connectivity index (χ0v) is 19.6. The van der Waals surface area contributed by atoms with Crippen molar-refractivity contribution in [2.75, 3.05) is 0 Å². The van der Waals surface area contributed by atoms with Crippen LogP contribution in [-0.2, 0) is 0 Å². The summed E-state index contributed by atoms with van der Waals surface area (Å²) in [4.78, 5) is 39.3. The van der Waals surface area contributed by atoms with Crippen LogP contribution in [0.3, 0.4) is 0 Å². The van der Waals surface area contributed by atoms with Gasteiger partial charge < -0.3 is 17.2 Å². The zero-order valence-electron chi connectivity index (χ0n) is 19.6. The Morgan fingerprint density at radius 2 is 0.639 bits per heavy atom. The molecule has 0 fully saturated rings. The van der Waals surface area contributed by atoms with E-state index in [-0.39, 0.29) is 17.3 Å². The molecule has 4 rings (SSSR count). The van der Waals surface area contributed by atoms with Crippen molar-refractivity contribution in [3.8, 4) is 0 Å². The van der Waals surface area contributed by atoms with Crippen molar-refractivity contribution in [2.45, 2.75) is 18.1 Å². The molecule has 0 saturated heterocycles. The predicted molar refractivity (Wildman–Crippen MR) is 140 cm³/mol. The lowest BCUT2D eigenvalue weighted by atomic mass is 9.88. The lowest BCUT2D eigenvalue weighted by Gasteiger charge is -2.20. The van der Waals surface area contributed by atoms with Gasteiger partial charge in [-0.1, -0.05) is 109 Å². The molecule has 6 nitrogen and oxygen atoms in total. The third kappa shape index (κ3) is 5.37. The molecule has 0 aromatic heterocycles. The largest absolute Gasteiger partial charge is 0.318 e. The van der Waals surface area contributed by atoms with Crippen LogP contribution >= 0.6 is 0 Å². The Labute approximate surface area is 209 Å². The van der Waals surface area contributed by atoms with E-state index in [0.29, 0.717) is 33.4 Å². The summed E-state index contributed by atoms with van der Waals surface area (Å²) in [5, 5.41) is 0. The van der Waals surface area contributed by atoms with Gasteiger partial charge in [-0.15, -0.1) is 0 Å². The zero-order chi connectivity index (χ0) is 25.7. The van der Waals surface area contributed by atoms with E-state index in [1.54, 1.807) is 91.0 Å². The van der Waals surface area contributed by atoms with Gasteiger partial charge in [0.25, 0.3) is 0 Å². The van der Waals surface area contributed by atoms with Crippen LogP contribution in [0.25, 0.3) is 0 Å². The van der Waals surface area contributed by atoms with Crippen LogP contribution in [0.1, 0.15) is 65.9 Å². The third-order valence-electron chi connectivity index (χ3n) is 6.10. The molecule has 0 heterocycles. The lowest BCUT2D eigenvalue weighted by Crippen LogP contribution is -2.27. The summed E-state index contributed by atoms with van der Waals surface area (Å²) in [5.41, 5.74) is 21.8. The SMILES string of the molecule is NC(C(=O)c1ccccc1)c1cc(C(N)C(=O)c2ccccc2)cc(C(N)C(=O)c2ccccc2)c1. The third-order valence-corrected chi connectivity index (χ3v) is 6.10. The molecular formula is C30H27N3O3. The average molecular weight is 478 g/mol. The van der Waals surface area contributed by atoms with Gasteiger partial charge in [-0.3, -0.25) is 14.4 Å². The molecule has 0 saturated carbocycles. The Morgan fingerprint density at radius 3 is 0.861 bits per heavy atom. The second-order valence-electron chi connectivity index (χ2n) is 8.56. The summed E-state index contributed by atoms with van der Waals surface area (Å²) < 4.78 is 0. The van der Waals surface area contributed by atoms with Crippen molar-refractivity contribution in [2.24, 2.45) is 17.2 Å². The van der Waals surface area contributed by atoms with Crippen LogP contribution < -0.4 is 17.2 Å². The molecule has 4 aromatic carbocycles. The summed E-state index contributed by atoms with van der Waals surface area (Å²) in [7, 11) is 0. The van der Waals surface area contributed by atoms with Gasteiger partial charge in [-0.05, 0) is 16.7 Å². The van der Waals surface area contributed by atoms with E-state index in [1.807, 2.05) is 18.2 Å². The molecule has 0 spiro atoms. The molecule has 3 atom stereocenters. The highest BCUT2D eigenvalue weighted by atomic mass is 16.1. The Hall–Kier alpha value is -4.23. The van der Waals surface area contributed by atoms with Gasteiger partial charge in [0, 0.05) is 16.7 Å². The van der Waals surface area contributed by atoms with Crippen molar-refractivity contribution in [1.29, 1.82) is 0 Å². The molecule has 0 bridgehead atoms. The Bertz CT molecular complexity index is 1190. The van der Waals surface area contributed by atoms with E-state index in [9.17, 15) is 14.4 Å². The van der Waals surface area contributed by atoms with Gasteiger partial charge in [0.1, 0.15) is 0 Å². The van der Waals surface area contributed by atoms with Crippen LogP contribution in [0, 0.1) is 0 Å². The fourth-order valence-electron chi connectivity index (χ4n) is 4.04. The first-order valence-corrected chi connectivity index (χ1v) is 11.6. The maximum absolute atomic E-state index is 13.1. The van der Waals surface area contributed by atoms with Gasteiger partial charge in [0.15, 0.2) is 17.3 Å². The first-order valence-electron chi connectivity index (χ1n) is 11.6. The first-order chi connectivity index (χ1) is 17.4. The number of Topliss-reactive ketones (excluding diaryl/α,β-unsaturated/α-hetero) is 3. The maximum Gasteiger partial charge on any atom is 0.184 e. The van der Waals surface area contributed by atoms with Crippen molar-refractivity contribution in [3.63, 3.8) is 0 Å². The van der Waals surface area contributed by atoms with Crippen molar-refractivity contribution < 1.29 is 14.4 Å². The monoisotopic (exact) mass is 477 g/mol. The molecule has 36 heavy (non-hydrogen) atoms. The Balaban J connectivity index is 1.75. The van der Waals surface area contributed by atoms with Gasteiger partial charge >= 0.3 is 0 Å². The van der Waals surface area contributed by atoms with Crippen LogP contribution in [-0.4, -0.2) is 17.3 Å². The number of benzene rings is 4. The van der Waals surface area contributed by atoms with Gasteiger partial charge in [0.05, 0.1) is 18.1 Å². The summed E-state index contributed by atoms with van der Waals surface area (Å²) in [6, 6.07) is 27.9. The van der Waals surface area contributed by atoms with Crippen LogP contribution in [0.15, 0.2) is 109 Å². The fraction of sp³-hybridized carbons (Fsp3) is 0.100. The Kier molecular flexibility index (Phi) is 7.61. The predicted octanol–water partition coefficient (Wildman–Crippen LogP) is 4.33. The molecular weight excluding hydrogens is 450 g/mol. The molecule has 3 unspecified atom stereocenters. The fourth-order valence-corrected chi connectivity index (χ4v) is 4.04. The molecule has 6 heteroatoms. The summed E-state index contributed by atoms with van der Waals surface area (Å²) >= 11 is 0. The molecule has 180 valence electrons. The molecule has 0 amide bonds. The molecule has 0 aliphatic rings. The number of carbonyl (C=O) groups is 3. The minimum absolute atomic E-state index is 0.301. The normalized spacial score (nSPS) is 13.4. The number of ketones is 3. The topological polar surface area (TPSA) is 129 Å². The second-order valence-corrected chi connectivity index (χ2v) is 8.56. The van der Waals surface area contributed by atoms with E-state index in [2.05, 4.69) is 0 Å². The quantitative estimate of drug-likeness (QED) is 0.308. The van der Waals surface area contributed by atoms with Crippen LogP contribution in [0.5, 0.6) is 0 Å². The Morgan fingerprint density at radius 1 is 0.417 bits per heavy atom. The highest BCUT2D eigenvalue weighted by Gasteiger charge is 2.26. The maximum atomic E-state index is 13.1. The van der Waals surface area contributed by atoms with E-state index in [4.69, 9.17) is 17.2 Å². The van der Waals surface area contributed by atoms with E-state index < -0.39 is 18.1 Å². The van der Waals surface area contributed by atoms with Crippen molar-refractivity contribution in [1.82, 2.24) is 0 Å². The van der Waals surface area contributed by atoms with Gasteiger partial charge in [-0.25, -0.2) is 0 Å². The number of rotatable bonds is 9. The summed E-state index contributed by atoms with van der Waals surface area (Å²) in [6.45, 7) is 0. The number of hydrogen-bond donors (Lipinski definition) is 3. The minimum atomic E-state index is -1.04. The first kappa shape index (κ1) is 24.9.